The standard InChI is InChI=1S/C14H20ClN3O/c1-8(2)12-13(15)16-7-17-14(12)18-9-3-4-10(18)6-11(19)5-9/h7-11,19H,3-6H2,1-2H3. The largest absolute Gasteiger partial charge is 0.393 e. The zero-order chi connectivity index (χ0) is 13.6. The highest BCUT2D eigenvalue weighted by atomic mass is 35.5. The molecule has 2 aliphatic heterocycles. The number of nitrogens with zero attached hydrogens (tertiary/aromatic N) is 3. The van der Waals surface area contributed by atoms with Gasteiger partial charge in [0.05, 0.1) is 6.10 Å². The van der Waals surface area contributed by atoms with Crippen LogP contribution in [-0.4, -0.2) is 33.3 Å². The third kappa shape index (κ3) is 2.21. The zero-order valence-electron chi connectivity index (χ0n) is 11.4. The summed E-state index contributed by atoms with van der Waals surface area (Å²) in [5, 5.41) is 10.5. The van der Waals surface area contributed by atoms with Crippen molar-refractivity contribution in [1.29, 1.82) is 0 Å². The van der Waals surface area contributed by atoms with E-state index in [9.17, 15) is 5.11 Å². The molecule has 2 atom stereocenters. The number of fused-ring (bicyclic) bond motifs is 2. The van der Waals surface area contributed by atoms with Crippen molar-refractivity contribution in [1.82, 2.24) is 9.97 Å². The fraction of sp³-hybridized carbons (Fsp3) is 0.714. The van der Waals surface area contributed by atoms with Gasteiger partial charge < -0.3 is 10.0 Å². The van der Waals surface area contributed by atoms with Crippen molar-refractivity contribution in [2.24, 2.45) is 0 Å². The lowest BCUT2D eigenvalue weighted by molar-refractivity contribution is 0.126. The average Bonchev–Trinajstić information content (AvgIpc) is 2.60. The molecule has 0 saturated carbocycles. The highest BCUT2D eigenvalue weighted by Gasteiger charge is 2.42. The number of hydrogen-bond acceptors (Lipinski definition) is 4. The van der Waals surface area contributed by atoms with Crippen molar-refractivity contribution < 1.29 is 5.11 Å². The summed E-state index contributed by atoms with van der Waals surface area (Å²) in [5.41, 5.74) is 1.04. The van der Waals surface area contributed by atoms with Crippen LogP contribution >= 0.6 is 11.6 Å². The van der Waals surface area contributed by atoms with E-state index in [1.54, 1.807) is 6.33 Å². The first-order valence-electron chi connectivity index (χ1n) is 7.04. The molecule has 2 fully saturated rings. The van der Waals surface area contributed by atoms with Crippen molar-refractivity contribution in [3.8, 4) is 0 Å². The average molecular weight is 282 g/mol. The second-order valence-corrected chi connectivity index (χ2v) is 6.33. The van der Waals surface area contributed by atoms with Gasteiger partial charge in [-0.25, -0.2) is 9.97 Å². The van der Waals surface area contributed by atoms with Gasteiger partial charge in [0.25, 0.3) is 0 Å². The van der Waals surface area contributed by atoms with Crippen LogP contribution < -0.4 is 4.90 Å². The Hall–Kier alpha value is -0.870. The number of rotatable bonds is 2. The second kappa shape index (κ2) is 4.91. The fourth-order valence-electron chi connectivity index (χ4n) is 3.56. The van der Waals surface area contributed by atoms with Gasteiger partial charge in [0.2, 0.25) is 0 Å². The van der Waals surface area contributed by atoms with Gasteiger partial charge >= 0.3 is 0 Å². The number of aromatic nitrogens is 2. The van der Waals surface area contributed by atoms with Gasteiger partial charge in [-0.15, -0.1) is 0 Å². The Labute approximate surface area is 118 Å². The summed E-state index contributed by atoms with van der Waals surface area (Å²) in [6, 6.07) is 0.800. The lowest BCUT2D eigenvalue weighted by Gasteiger charge is -2.39. The molecule has 0 amide bonds. The first kappa shape index (κ1) is 13.1. The molecule has 4 nitrogen and oxygen atoms in total. The van der Waals surface area contributed by atoms with Gasteiger partial charge in [-0.05, 0) is 31.6 Å². The van der Waals surface area contributed by atoms with Gasteiger partial charge in [0.15, 0.2) is 0 Å². The molecular weight excluding hydrogens is 262 g/mol. The fourth-order valence-corrected chi connectivity index (χ4v) is 3.91. The monoisotopic (exact) mass is 281 g/mol. The van der Waals surface area contributed by atoms with Crippen molar-refractivity contribution >= 4 is 17.4 Å². The molecule has 1 aromatic heterocycles. The molecule has 2 saturated heterocycles. The molecule has 0 aliphatic carbocycles. The Balaban J connectivity index is 2.01. The summed E-state index contributed by atoms with van der Waals surface area (Å²) in [6.45, 7) is 4.24. The normalized spacial score (nSPS) is 30.2. The van der Waals surface area contributed by atoms with E-state index in [2.05, 4.69) is 28.7 Å². The number of aliphatic hydroxyl groups excluding tert-OH is 1. The van der Waals surface area contributed by atoms with Gasteiger partial charge in [-0.3, -0.25) is 0 Å². The van der Waals surface area contributed by atoms with Crippen molar-refractivity contribution in [2.75, 3.05) is 4.90 Å². The Morgan fingerprint density at radius 1 is 1.26 bits per heavy atom. The van der Waals surface area contributed by atoms with E-state index < -0.39 is 0 Å². The van der Waals surface area contributed by atoms with Crippen LogP contribution in [0.15, 0.2) is 6.33 Å². The Bertz CT molecular complexity index is 466. The molecule has 0 aromatic carbocycles. The molecule has 1 aromatic rings. The molecular formula is C14H20ClN3O. The van der Waals surface area contributed by atoms with E-state index in [1.807, 2.05) is 0 Å². The minimum Gasteiger partial charge on any atom is -0.393 e. The molecule has 2 unspecified atom stereocenters. The third-order valence-electron chi connectivity index (χ3n) is 4.34. The summed E-state index contributed by atoms with van der Waals surface area (Å²) in [5.74, 6) is 1.28. The second-order valence-electron chi connectivity index (χ2n) is 5.97. The topological polar surface area (TPSA) is 49.2 Å². The van der Waals surface area contributed by atoms with Gasteiger partial charge in [-0.2, -0.15) is 0 Å². The predicted molar refractivity (Wildman–Crippen MR) is 75.7 cm³/mol. The van der Waals surface area contributed by atoms with E-state index in [-0.39, 0.29) is 6.10 Å². The molecule has 19 heavy (non-hydrogen) atoms. The quantitative estimate of drug-likeness (QED) is 0.847. The molecule has 104 valence electrons. The SMILES string of the molecule is CC(C)c1c(Cl)ncnc1N1C2CCC1CC(O)C2. The van der Waals surface area contributed by atoms with Crippen LogP contribution in [0.3, 0.4) is 0 Å². The predicted octanol–water partition coefficient (Wildman–Crippen LogP) is 2.75. The maximum atomic E-state index is 9.90. The van der Waals surface area contributed by atoms with Crippen molar-refractivity contribution in [3.63, 3.8) is 0 Å². The summed E-state index contributed by atoms with van der Waals surface area (Å²) < 4.78 is 0. The van der Waals surface area contributed by atoms with E-state index in [0.29, 0.717) is 23.2 Å². The molecule has 2 aliphatic rings. The van der Waals surface area contributed by atoms with Gasteiger partial charge in [-0.1, -0.05) is 25.4 Å². The summed E-state index contributed by atoms with van der Waals surface area (Å²) in [4.78, 5) is 11.0. The van der Waals surface area contributed by atoms with Crippen LogP contribution in [0.5, 0.6) is 0 Å². The van der Waals surface area contributed by atoms with E-state index in [1.165, 1.54) is 0 Å². The number of hydrogen-bond donors (Lipinski definition) is 1. The number of anilines is 1. The number of halogens is 1. The Morgan fingerprint density at radius 3 is 2.47 bits per heavy atom. The molecule has 0 spiro atoms. The third-order valence-corrected chi connectivity index (χ3v) is 4.65. The van der Waals surface area contributed by atoms with Crippen LogP contribution in [-0.2, 0) is 0 Å². The molecule has 0 radical (unpaired) electrons. The number of piperidine rings is 1. The highest BCUT2D eigenvalue weighted by Crippen LogP contribution is 2.42. The Morgan fingerprint density at radius 2 is 1.89 bits per heavy atom. The van der Waals surface area contributed by atoms with E-state index in [4.69, 9.17) is 11.6 Å². The highest BCUT2D eigenvalue weighted by molar-refractivity contribution is 6.30. The maximum Gasteiger partial charge on any atom is 0.138 e. The number of aliphatic hydroxyl groups is 1. The maximum absolute atomic E-state index is 9.90. The smallest absolute Gasteiger partial charge is 0.138 e. The van der Waals surface area contributed by atoms with Gasteiger partial charge in [0.1, 0.15) is 17.3 Å². The molecule has 1 N–H and O–H groups in total. The van der Waals surface area contributed by atoms with Crippen molar-refractivity contribution in [2.45, 2.75) is 63.6 Å². The minimum absolute atomic E-state index is 0.159. The van der Waals surface area contributed by atoms with E-state index >= 15 is 0 Å². The van der Waals surface area contributed by atoms with Gasteiger partial charge in [0, 0.05) is 17.6 Å². The molecule has 5 heteroatoms. The molecule has 3 heterocycles. The molecule has 2 bridgehead atoms. The summed E-state index contributed by atoms with van der Waals surface area (Å²) in [6.07, 6.45) is 5.36. The zero-order valence-corrected chi connectivity index (χ0v) is 12.1. The van der Waals surface area contributed by atoms with Crippen LogP contribution in [0.2, 0.25) is 5.15 Å². The van der Waals surface area contributed by atoms with Crippen LogP contribution in [0, 0.1) is 0 Å². The summed E-state index contributed by atoms with van der Waals surface area (Å²) in [7, 11) is 0. The van der Waals surface area contributed by atoms with E-state index in [0.717, 1.165) is 37.1 Å². The first-order valence-corrected chi connectivity index (χ1v) is 7.42. The van der Waals surface area contributed by atoms with Crippen LogP contribution in [0.4, 0.5) is 5.82 Å². The summed E-state index contributed by atoms with van der Waals surface area (Å²) >= 11 is 6.26. The Kier molecular flexibility index (Phi) is 3.39. The molecule has 3 rings (SSSR count). The lowest BCUT2D eigenvalue weighted by atomic mass is 9.97. The minimum atomic E-state index is -0.159. The van der Waals surface area contributed by atoms with Crippen molar-refractivity contribution in [3.05, 3.63) is 17.0 Å². The first-order chi connectivity index (χ1) is 9.08. The van der Waals surface area contributed by atoms with Crippen LogP contribution in [0.1, 0.15) is 51.0 Å². The lowest BCUT2D eigenvalue weighted by Crippen LogP contribution is -2.45. The van der Waals surface area contributed by atoms with Crippen LogP contribution in [0.25, 0.3) is 0 Å².